The van der Waals surface area contributed by atoms with Crippen LogP contribution in [0, 0.1) is 17.0 Å². The van der Waals surface area contributed by atoms with Gasteiger partial charge in [0.1, 0.15) is 11.4 Å². The number of nitrogens with zero attached hydrogens (tertiary/aromatic N) is 1. The van der Waals surface area contributed by atoms with E-state index in [1.807, 2.05) is 0 Å². The number of hydrogen-bond donors (Lipinski definition) is 1. The number of nitro groups is 1. The molecule has 1 amide bonds. The zero-order valence-electron chi connectivity index (χ0n) is 18.8. The molecule has 2 aromatic carbocycles. The molecule has 2 rings (SSSR count). The zero-order chi connectivity index (χ0) is 24.2. The highest BCUT2D eigenvalue weighted by molar-refractivity contribution is 5.98. The van der Waals surface area contributed by atoms with Gasteiger partial charge in [-0.15, -0.1) is 0 Å². The Kier molecular flexibility index (Phi) is 10.0. The molecule has 9 nitrogen and oxygen atoms in total. The number of esters is 1. The van der Waals surface area contributed by atoms with Crippen LogP contribution in [0.2, 0.25) is 0 Å². The van der Waals surface area contributed by atoms with E-state index in [2.05, 4.69) is 12.2 Å². The summed E-state index contributed by atoms with van der Waals surface area (Å²) in [6.45, 7) is 3.75. The molecular weight excluding hydrogens is 428 g/mol. The van der Waals surface area contributed by atoms with Crippen LogP contribution in [0.4, 0.5) is 11.4 Å². The summed E-state index contributed by atoms with van der Waals surface area (Å²) in [5.41, 5.74) is 0.759. The first-order valence-electron chi connectivity index (χ1n) is 10.8. The average Bonchev–Trinajstić information content (AvgIpc) is 2.80. The van der Waals surface area contributed by atoms with Gasteiger partial charge in [-0.25, -0.2) is 0 Å². The molecule has 33 heavy (non-hydrogen) atoms. The van der Waals surface area contributed by atoms with Crippen molar-refractivity contribution in [2.45, 2.75) is 46.0 Å². The van der Waals surface area contributed by atoms with Crippen molar-refractivity contribution in [2.24, 2.45) is 0 Å². The first kappa shape index (κ1) is 25.5. The molecule has 0 bridgehead atoms. The van der Waals surface area contributed by atoms with Gasteiger partial charge in [0, 0.05) is 18.1 Å². The maximum atomic E-state index is 12.3. The number of Topliss-reactive ketones (excluding diaryl/α,β-unsaturated/α-hetero) is 1. The molecule has 0 aliphatic heterocycles. The minimum atomic E-state index is -0.714. The predicted molar refractivity (Wildman–Crippen MR) is 122 cm³/mol. The molecule has 0 fully saturated rings. The molecule has 2 aromatic rings. The number of para-hydroxylation sites is 1. The molecule has 0 saturated carbocycles. The standard InChI is InChI=1S/C24H28N2O7/c1-3-4-5-15-32-19-11-9-18(10-12-19)21(27)13-14-23(29)33-16-22(28)25-24-17(2)7-6-8-20(24)26(30)31/h6-12H,3-5,13-16H2,1-2H3,(H,25,28). The third kappa shape index (κ3) is 8.36. The average molecular weight is 456 g/mol. The van der Waals surface area contributed by atoms with Crippen LogP contribution in [0.15, 0.2) is 42.5 Å². The number of carbonyl (C=O) groups excluding carboxylic acids is 3. The van der Waals surface area contributed by atoms with Crippen molar-refractivity contribution in [1.29, 1.82) is 0 Å². The number of carbonyl (C=O) groups is 3. The number of amides is 1. The number of unbranched alkanes of at least 4 members (excludes halogenated alkanes) is 2. The number of nitrogens with one attached hydrogen (secondary N) is 1. The van der Waals surface area contributed by atoms with E-state index in [9.17, 15) is 24.5 Å². The summed E-state index contributed by atoms with van der Waals surface area (Å²) in [5.74, 6) is -0.971. The highest BCUT2D eigenvalue weighted by atomic mass is 16.6. The topological polar surface area (TPSA) is 125 Å². The number of ketones is 1. The van der Waals surface area contributed by atoms with Crippen LogP contribution in [0.3, 0.4) is 0 Å². The zero-order valence-corrected chi connectivity index (χ0v) is 18.8. The lowest BCUT2D eigenvalue weighted by molar-refractivity contribution is -0.384. The van der Waals surface area contributed by atoms with Crippen LogP contribution < -0.4 is 10.1 Å². The van der Waals surface area contributed by atoms with Crippen molar-refractivity contribution < 1.29 is 28.8 Å². The van der Waals surface area contributed by atoms with Gasteiger partial charge in [0.25, 0.3) is 11.6 Å². The van der Waals surface area contributed by atoms with Gasteiger partial charge in [0.2, 0.25) is 0 Å². The van der Waals surface area contributed by atoms with Gasteiger partial charge in [0.05, 0.1) is 18.0 Å². The normalized spacial score (nSPS) is 10.4. The summed E-state index contributed by atoms with van der Waals surface area (Å²) >= 11 is 0. The van der Waals surface area contributed by atoms with Gasteiger partial charge >= 0.3 is 5.97 Å². The van der Waals surface area contributed by atoms with Crippen LogP contribution >= 0.6 is 0 Å². The Morgan fingerprint density at radius 3 is 2.42 bits per heavy atom. The van der Waals surface area contributed by atoms with E-state index in [1.54, 1.807) is 37.3 Å². The van der Waals surface area contributed by atoms with Crippen molar-refractivity contribution in [3.8, 4) is 5.75 Å². The number of hydrogen-bond acceptors (Lipinski definition) is 7. The van der Waals surface area contributed by atoms with E-state index in [1.165, 1.54) is 12.1 Å². The summed E-state index contributed by atoms with van der Waals surface area (Å²) in [6.07, 6.45) is 2.92. The lowest BCUT2D eigenvalue weighted by Crippen LogP contribution is -2.22. The molecule has 0 spiro atoms. The highest BCUT2D eigenvalue weighted by Crippen LogP contribution is 2.27. The molecule has 0 aliphatic rings. The van der Waals surface area contributed by atoms with Crippen LogP contribution in [-0.4, -0.2) is 35.8 Å². The number of aryl methyl sites for hydroxylation is 1. The van der Waals surface area contributed by atoms with E-state index in [4.69, 9.17) is 9.47 Å². The summed E-state index contributed by atoms with van der Waals surface area (Å²) in [4.78, 5) is 46.8. The van der Waals surface area contributed by atoms with Gasteiger partial charge in [-0.3, -0.25) is 24.5 Å². The molecule has 0 aliphatic carbocycles. The minimum Gasteiger partial charge on any atom is -0.494 e. The van der Waals surface area contributed by atoms with Gasteiger partial charge < -0.3 is 14.8 Å². The molecule has 0 unspecified atom stereocenters. The SMILES string of the molecule is CCCCCOc1ccc(C(=O)CCC(=O)OCC(=O)Nc2c(C)cccc2[N+](=O)[O-])cc1. The first-order valence-corrected chi connectivity index (χ1v) is 10.8. The van der Waals surface area contributed by atoms with Gasteiger partial charge in [-0.1, -0.05) is 31.9 Å². The van der Waals surface area contributed by atoms with E-state index in [0.29, 0.717) is 23.5 Å². The van der Waals surface area contributed by atoms with Crippen molar-refractivity contribution in [3.63, 3.8) is 0 Å². The Bertz CT molecular complexity index is 987. The molecule has 176 valence electrons. The minimum absolute atomic E-state index is 0.0523. The number of benzene rings is 2. The molecular formula is C24H28N2O7. The monoisotopic (exact) mass is 456 g/mol. The Morgan fingerprint density at radius 2 is 1.76 bits per heavy atom. The number of rotatable bonds is 13. The molecule has 0 radical (unpaired) electrons. The largest absolute Gasteiger partial charge is 0.494 e. The van der Waals surface area contributed by atoms with Crippen LogP contribution in [0.25, 0.3) is 0 Å². The van der Waals surface area contributed by atoms with E-state index in [0.717, 1.165) is 19.3 Å². The third-order valence-corrected chi connectivity index (χ3v) is 4.83. The lowest BCUT2D eigenvalue weighted by atomic mass is 10.1. The summed E-state index contributed by atoms with van der Waals surface area (Å²) < 4.78 is 10.5. The summed E-state index contributed by atoms with van der Waals surface area (Å²) in [5, 5.41) is 13.5. The fourth-order valence-corrected chi connectivity index (χ4v) is 3.00. The predicted octanol–water partition coefficient (Wildman–Crippen LogP) is 4.62. The van der Waals surface area contributed by atoms with Crippen molar-refractivity contribution in [2.75, 3.05) is 18.5 Å². The maximum Gasteiger partial charge on any atom is 0.306 e. The van der Waals surface area contributed by atoms with Crippen molar-refractivity contribution in [3.05, 3.63) is 63.7 Å². The van der Waals surface area contributed by atoms with Gasteiger partial charge in [-0.2, -0.15) is 0 Å². The summed E-state index contributed by atoms with van der Waals surface area (Å²) in [6, 6.07) is 11.1. The highest BCUT2D eigenvalue weighted by Gasteiger charge is 2.19. The second-order valence-electron chi connectivity index (χ2n) is 7.44. The second kappa shape index (κ2) is 12.9. The Labute approximate surface area is 192 Å². The lowest BCUT2D eigenvalue weighted by Gasteiger charge is -2.09. The van der Waals surface area contributed by atoms with E-state index < -0.39 is 23.4 Å². The van der Waals surface area contributed by atoms with E-state index in [-0.39, 0.29) is 30.0 Å². The Balaban J connectivity index is 1.76. The van der Waals surface area contributed by atoms with Gasteiger partial charge in [0.15, 0.2) is 12.4 Å². The molecule has 0 atom stereocenters. The molecule has 0 heterocycles. The molecule has 9 heteroatoms. The van der Waals surface area contributed by atoms with Gasteiger partial charge in [-0.05, 0) is 43.2 Å². The van der Waals surface area contributed by atoms with Crippen molar-refractivity contribution >= 4 is 29.0 Å². The quantitative estimate of drug-likeness (QED) is 0.153. The fraction of sp³-hybridized carbons (Fsp3) is 0.375. The molecule has 0 aromatic heterocycles. The Morgan fingerprint density at radius 1 is 1.03 bits per heavy atom. The van der Waals surface area contributed by atoms with Crippen LogP contribution in [-0.2, 0) is 14.3 Å². The fourth-order valence-electron chi connectivity index (χ4n) is 3.00. The van der Waals surface area contributed by atoms with Crippen molar-refractivity contribution in [1.82, 2.24) is 0 Å². The number of ether oxygens (including phenoxy) is 2. The third-order valence-electron chi connectivity index (χ3n) is 4.83. The van der Waals surface area contributed by atoms with Crippen LogP contribution in [0.5, 0.6) is 5.75 Å². The molecule has 0 saturated heterocycles. The maximum absolute atomic E-state index is 12.3. The first-order chi connectivity index (χ1) is 15.8. The second-order valence-corrected chi connectivity index (χ2v) is 7.44. The van der Waals surface area contributed by atoms with Crippen LogP contribution in [0.1, 0.15) is 54.9 Å². The molecule has 1 N–H and O–H groups in total. The smallest absolute Gasteiger partial charge is 0.306 e. The number of anilines is 1. The summed E-state index contributed by atoms with van der Waals surface area (Å²) in [7, 11) is 0. The number of nitro benzene ring substituents is 1. The Hall–Kier alpha value is -3.75. The van der Waals surface area contributed by atoms with E-state index >= 15 is 0 Å².